The van der Waals surface area contributed by atoms with Gasteiger partial charge in [-0.25, -0.2) is 4.79 Å². The lowest BCUT2D eigenvalue weighted by Crippen LogP contribution is -2.50. The van der Waals surface area contributed by atoms with Crippen molar-refractivity contribution in [1.82, 2.24) is 10.2 Å². The minimum atomic E-state index is -0.720. The molecule has 1 aromatic carbocycles. The molecule has 0 saturated heterocycles. The van der Waals surface area contributed by atoms with E-state index in [4.69, 9.17) is 10.00 Å². The van der Waals surface area contributed by atoms with Crippen molar-refractivity contribution in [3.63, 3.8) is 0 Å². The highest BCUT2D eigenvalue weighted by Crippen LogP contribution is 2.11. The molecule has 1 unspecified atom stereocenters. The Bertz CT molecular complexity index is 623. The molecule has 0 bridgehead atoms. The number of alkyl carbamates (subject to hydrolysis) is 1. The van der Waals surface area contributed by atoms with Crippen molar-refractivity contribution < 1.29 is 14.3 Å². The van der Waals surface area contributed by atoms with Gasteiger partial charge >= 0.3 is 6.09 Å². The summed E-state index contributed by atoms with van der Waals surface area (Å²) in [5.74, 6) is -0.153. The highest BCUT2D eigenvalue weighted by atomic mass is 16.6. The quantitative estimate of drug-likeness (QED) is 0.859. The lowest BCUT2D eigenvalue weighted by Gasteiger charge is -2.27. The van der Waals surface area contributed by atoms with Crippen molar-refractivity contribution in [3.05, 3.63) is 35.4 Å². The molecule has 0 saturated carbocycles. The van der Waals surface area contributed by atoms with Gasteiger partial charge in [0, 0.05) is 19.5 Å². The van der Waals surface area contributed by atoms with Crippen LogP contribution in [0, 0.1) is 11.3 Å². The van der Waals surface area contributed by atoms with E-state index >= 15 is 0 Å². The Hall–Kier alpha value is -2.55. The summed E-state index contributed by atoms with van der Waals surface area (Å²) in [6.07, 6.45) is -0.285. The maximum Gasteiger partial charge on any atom is 0.408 e. The Morgan fingerprint density at radius 3 is 2.20 bits per heavy atom. The van der Waals surface area contributed by atoms with Crippen molar-refractivity contribution in [2.75, 3.05) is 13.1 Å². The largest absolute Gasteiger partial charge is 0.444 e. The van der Waals surface area contributed by atoms with E-state index < -0.39 is 17.7 Å². The molecule has 0 aliphatic carbocycles. The van der Waals surface area contributed by atoms with Crippen molar-refractivity contribution in [3.8, 4) is 6.07 Å². The van der Waals surface area contributed by atoms with Gasteiger partial charge < -0.3 is 15.0 Å². The van der Waals surface area contributed by atoms with E-state index in [1.165, 1.54) is 0 Å². The van der Waals surface area contributed by atoms with Gasteiger partial charge in [0.1, 0.15) is 11.6 Å². The smallest absolute Gasteiger partial charge is 0.408 e. The zero-order chi connectivity index (χ0) is 19.0. The molecule has 136 valence electrons. The number of benzene rings is 1. The van der Waals surface area contributed by atoms with Crippen LogP contribution in [-0.4, -0.2) is 41.6 Å². The number of nitrogens with zero attached hydrogens (tertiary/aromatic N) is 2. The molecule has 25 heavy (non-hydrogen) atoms. The van der Waals surface area contributed by atoms with Gasteiger partial charge in [-0.3, -0.25) is 4.79 Å². The second-order valence-corrected chi connectivity index (χ2v) is 6.72. The monoisotopic (exact) mass is 345 g/mol. The molecule has 1 rings (SSSR count). The summed E-state index contributed by atoms with van der Waals surface area (Å²) in [4.78, 5) is 26.5. The summed E-state index contributed by atoms with van der Waals surface area (Å²) in [5.41, 5.74) is 0.775. The first-order valence-corrected chi connectivity index (χ1v) is 8.47. The summed E-state index contributed by atoms with van der Waals surface area (Å²) in [7, 11) is 0. The van der Waals surface area contributed by atoms with E-state index in [9.17, 15) is 9.59 Å². The Labute approximate surface area is 149 Å². The van der Waals surface area contributed by atoms with Gasteiger partial charge in [0.15, 0.2) is 0 Å². The standard InChI is InChI=1S/C19H27N3O3/c1-6-22(7-2)17(23)16(21-18(24)25-19(3,4)5)12-14-8-10-15(13-20)11-9-14/h8-11,16H,6-7,12H2,1-5H3,(H,21,24). The fourth-order valence-corrected chi connectivity index (χ4v) is 2.36. The number of hydrogen-bond acceptors (Lipinski definition) is 4. The van der Waals surface area contributed by atoms with Crippen LogP contribution in [0.2, 0.25) is 0 Å². The Kier molecular flexibility index (Phi) is 7.43. The van der Waals surface area contributed by atoms with Gasteiger partial charge in [-0.15, -0.1) is 0 Å². The Morgan fingerprint density at radius 2 is 1.76 bits per heavy atom. The molecule has 1 N–H and O–H groups in total. The van der Waals surface area contributed by atoms with Crippen LogP contribution in [0.25, 0.3) is 0 Å². The van der Waals surface area contributed by atoms with Crippen LogP contribution >= 0.6 is 0 Å². The third-order valence-electron chi connectivity index (χ3n) is 3.59. The number of hydrogen-bond donors (Lipinski definition) is 1. The van der Waals surface area contributed by atoms with Crippen molar-refractivity contribution in [2.24, 2.45) is 0 Å². The number of ether oxygens (including phenoxy) is 1. The third kappa shape index (κ3) is 6.84. The fraction of sp³-hybridized carbons (Fsp3) is 0.526. The summed E-state index contributed by atoms with van der Waals surface area (Å²) in [6, 6.07) is 8.31. The van der Waals surface area contributed by atoms with Crippen molar-refractivity contribution >= 4 is 12.0 Å². The molecule has 1 atom stereocenters. The number of carbonyl (C=O) groups is 2. The van der Waals surface area contributed by atoms with Gasteiger partial charge in [0.05, 0.1) is 11.6 Å². The SMILES string of the molecule is CCN(CC)C(=O)C(Cc1ccc(C#N)cc1)NC(=O)OC(C)(C)C. The number of rotatable bonds is 6. The van der Waals surface area contributed by atoms with Crippen LogP contribution < -0.4 is 5.32 Å². The molecular weight excluding hydrogens is 318 g/mol. The molecule has 0 heterocycles. The first-order chi connectivity index (χ1) is 11.7. The Balaban J connectivity index is 2.95. The number of likely N-dealkylation sites (N-methyl/N-ethyl adjacent to an activating group) is 1. The molecule has 0 aromatic heterocycles. The molecule has 2 amide bonds. The van der Waals surface area contributed by atoms with E-state index in [0.717, 1.165) is 5.56 Å². The van der Waals surface area contributed by atoms with Crippen LogP contribution in [0.1, 0.15) is 45.7 Å². The zero-order valence-corrected chi connectivity index (χ0v) is 15.6. The van der Waals surface area contributed by atoms with Crippen molar-refractivity contribution in [1.29, 1.82) is 5.26 Å². The molecule has 0 fully saturated rings. The second kappa shape index (κ2) is 9.07. The van der Waals surface area contributed by atoms with Crippen LogP contribution in [0.4, 0.5) is 4.79 Å². The van der Waals surface area contributed by atoms with E-state index in [1.54, 1.807) is 49.9 Å². The summed E-state index contributed by atoms with van der Waals surface area (Å²) < 4.78 is 5.28. The fourth-order valence-electron chi connectivity index (χ4n) is 2.36. The average molecular weight is 345 g/mol. The molecule has 1 aromatic rings. The predicted octanol–water partition coefficient (Wildman–Crippen LogP) is 2.86. The number of amides is 2. The predicted molar refractivity (Wildman–Crippen MR) is 95.9 cm³/mol. The van der Waals surface area contributed by atoms with Crippen LogP contribution in [0.5, 0.6) is 0 Å². The molecular formula is C19H27N3O3. The highest BCUT2D eigenvalue weighted by Gasteiger charge is 2.27. The molecule has 0 aliphatic rings. The first kappa shape index (κ1) is 20.5. The first-order valence-electron chi connectivity index (χ1n) is 8.47. The minimum Gasteiger partial charge on any atom is -0.444 e. The zero-order valence-electron chi connectivity index (χ0n) is 15.6. The van der Waals surface area contributed by atoms with Crippen LogP contribution in [-0.2, 0) is 16.0 Å². The van der Waals surface area contributed by atoms with Crippen LogP contribution in [0.3, 0.4) is 0 Å². The van der Waals surface area contributed by atoms with Gasteiger partial charge in [0.25, 0.3) is 0 Å². The van der Waals surface area contributed by atoms with Crippen molar-refractivity contribution in [2.45, 2.75) is 52.7 Å². The minimum absolute atomic E-state index is 0.153. The van der Waals surface area contributed by atoms with E-state index in [0.29, 0.717) is 25.1 Å². The Morgan fingerprint density at radius 1 is 1.20 bits per heavy atom. The molecule has 6 nitrogen and oxygen atoms in total. The van der Waals surface area contributed by atoms with Gasteiger partial charge in [0.2, 0.25) is 5.91 Å². The van der Waals surface area contributed by atoms with E-state index in [2.05, 4.69) is 11.4 Å². The lowest BCUT2D eigenvalue weighted by molar-refractivity contribution is -0.133. The average Bonchev–Trinajstić information content (AvgIpc) is 2.54. The molecule has 6 heteroatoms. The molecule has 0 aliphatic heterocycles. The number of nitriles is 1. The number of carbonyl (C=O) groups excluding carboxylic acids is 2. The van der Waals surface area contributed by atoms with Gasteiger partial charge in [-0.1, -0.05) is 12.1 Å². The van der Waals surface area contributed by atoms with Gasteiger partial charge in [-0.05, 0) is 52.3 Å². The van der Waals surface area contributed by atoms with Gasteiger partial charge in [-0.2, -0.15) is 5.26 Å². The lowest BCUT2D eigenvalue weighted by atomic mass is 10.0. The number of nitrogens with one attached hydrogen (secondary N) is 1. The maximum atomic E-state index is 12.7. The summed E-state index contributed by atoms with van der Waals surface area (Å²) in [6.45, 7) is 10.2. The summed E-state index contributed by atoms with van der Waals surface area (Å²) in [5, 5.41) is 11.6. The normalized spacial score (nSPS) is 12.0. The topological polar surface area (TPSA) is 82.4 Å². The second-order valence-electron chi connectivity index (χ2n) is 6.72. The third-order valence-corrected chi connectivity index (χ3v) is 3.59. The molecule has 0 radical (unpaired) electrons. The van der Waals surface area contributed by atoms with E-state index in [1.807, 2.05) is 13.8 Å². The summed E-state index contributed by atoms with van der Waals surface area (Å²) >= 11 is 0. The highest BCUT2D eigenvalue weighted by molar-refractivity contribution is 5.86. The van der Waals surface area contributed by atoms with E-state index in [-0.39, 0.29) is 5.91 Å². The maximum absolute atomic E-state index is 12.7. The van der Waals surface area contributed by atoms with Crippen LogP contribution in [0.15, 0.2) is 24.3 Å². The molecule has 0 spiro atoms.